The number of hydrogen-bond donors (Lipinski definition) is 2. The largest absolute Gasteiger partial charge is 0.340 e. The molecule has 0 atom stereocenters. The Morgan fingerprint density at radius 3 is 2.18 bits per heavy atom. The molecule has 0 bridgehead atoms. The summed E-state index contributed by atoms with van der Waals surface area (Å²) in [6.07, 6.45) is 1.69. The van der Waals surface area contributed by atoms with Gasteiger partial charge in [-0.05, 0) is 52.3 Å². The van der Waals surface area contributed by atoms with Gasteiger partial charge in [-0.15, -0.1) is 0 Å². The first-order chi connectivity index (χ1) is 16.0. The highest BCUT2D eigenvalue weighted by molar-refractivity contribution is 9.10. The van der Waals surface area contributed by atoms with Crippen LogP contribution in [0.4, 0.5) is 17.2 Å². The van der Waals surface area contributed by atoms with Crippen molar-refractivity contribution in [2.24, 2.45) is 0 Å². The normalized spacial score (nSPS) is 11.4. The Hall–Kier alpha value is -3.69. The lowest BCUT2D eigenvalue weighted by atomic mass is 10.1. The monoisotopic (exact) mass is 519 g/mol. The van der Waals surface area contributed by atoms with E-state index in [0.29, 0.717) is 22.8 Å². The van der Waals surface area contributed by atoms with Gasteiger partial charge in [0.05, 0.1) is 21.3 Å². The molecule has 0 aliphatic carbocycles. The van der Waals surface area contributed by atoms with E-state index in [9.17, 15) is 8.42 Å². The van der Waals surface area contributed by atoms with Gasteiger partial charge < -0.3 is 5.32 Å². The van der Waals surface area contributed by atoms with Gasteiger partial charge in [0.1, 0.15) is 5.82 Å². The number of nitrogens with zero attached hydrogens (tertiary/aromatic N) is 3. The molecule has 0 saturated heterocycles. The quantitative estimate of drug-likeness (QED) is 0.300. The second-order valence-corrected chi connectivity index (χ2v) is 9.78. The van der Waals surface area contributed by atoms with Gasteiger partial charge in [0.25, 0.3) is 10.0 Å². The summed E-state index contributed by atoms with van der Waals surface area (Å²) in [6, 6.07) is 27.1. The second kappa shape index (κ2) is 8.68. The maximum atomic E-state index is 12.7. The van der Waals surface area contributed by atoms with Crippen LogP contribution in [0.15, 0.2) is 107 Å². The van der Waals surface area contributed by atoms with Gasteiger partial charge in [0, 0.05) is 23.0 Å². The highest BCUT2D eigenvalue weighted by Gasteiger charge is 2.15. The van der Waals surface area contributed by atoms with E-state index in [2.05, 4.69) is 31.1 Å². The van der Waals surface area contributed by atoms with Crippen LogP contribution in [-0.4, -0.2) is 23.0 Å². The fourth-order valence-corrected chi connectivity index (χ4v) is 4.77. The molecule has 0 aliphatic rings. The van der Waals surface area contributed by atoms with Crippen LogP contribution in [0.2, 0.25) is 0 Å². The van der Waals surface area contributed by atoms with Crippen LogP contribution in [0.25, 0.3) is 16.9 Å². The first-order valence-electron chi connectivity index (χ1n) is 10.0. The SMILES string of the molecule is O=S(=O)(Nc1ccccc1)c1ccc(Nc2cc(-c3ccccc3)nc3c(Br)cnn23)cc1. The van der Waals surface area contributed by atoms with Crippen LogP contribution in [0.5, 0.6) is 0 Å². The van der Waals surface area contributed by atoms with Crippen LogP contribution >= 0.6 is 15.9 Å². The van der Waals surface area contributed by atoms with Crippen LogP contribution < -0.4 is 10.0 Å². The third-order valence-electron chi connectivity index (χ3n) is 4.96. The first-order valence-corrected chi connectivity index (χ1v) is 12.3. The number of hydrogen-bond acceptors (Lipinski definition) is 5. The molecule has 2 N–H and O–H groups in total. The zero-order valence-corrected chi connectivity index (χ0v) is 19.6. The Morgan fingerprint density at radius 2 is 1.48 bits per heavy atom. The number of halogens is 1. The smallest absolute Gasteiger partial charge is 0.261 e. The minimum atomic E-state index is -3.69. The van der Waals surface area contributed by atoms with Gasteiger partial charge in [-0.1, -0.05) is 48.5 Å². The molecule has 0 fully saturated rings. The van der Waals surface area contributed by atoms with Crippen molar-refractivity contribution in [3.63, 3.8) is 0 Å². The van der Waals surface area contributed by atoms with Crippen LogP contribution in [-0.2, 0) is 10.0 Å². The summed E-state index contributed by atoms with van der Waals surface area (Å²) in [4.78, 5) is 4.89. The predicted octanol–water partition coefficient (Wildman–Crippen LogP) is 5.70. The number of rotatable bonds is 6. The molecule has 2 aromatic heterocycles. The Morgan fingerprint density at radius 1 is 0.818 bits per heavy atom. The molecule has 33 heavy (non-hydrogen) atoms. The van der Waals surface area contributed by atoms with E-state index in [4.69, 9.17) is 4.98 Å². The van der Waals surface area contributed by atoms with E-state index < -0.39 is 10.0 Å². The molecule has 0 aliphatic heterocycles. The van der Waals surface area contributed by atoms with Gasteiger partial charge in [-0.25, -0.2) is 13.4 Å². The molecule has 5 aromatic rings. The van der Waals surface area contributed by atoms with Gasteiger partial charge in [-0.2, -0.15) is 9.61 Å². The minimum Gasteiger partial charge on any atom is -0.340 e. The van der Waals surface area contributed by atoms with Crippen molar-refractivity contribution in [3.05, 3.63) is 102 Å². The molecule has 9 heteroatoms. The zero-order valence-electron chi connectivity index (χ0n) is 17.2. The minimum absolute atomic E-state index is 0.170. The Labute approximate surface area is 199 Å². The van der Waals surface area contributed by atoms with Crippen molar-refractivity contribution in [2.45, 2.75) is 4.90 Å². The number of sulfonamides is 1. The molecule has 7 nitrogen and oxygen atoms in total. The predicted molar refractivity (Wildman–Crippen MR) is 133 cm³/mol. The lowest BCUT2D eigenvalue weighted by Crippen LogP contribution is -2.12. The number of aromatic nitrogens is 3. The summed E-state index contributed by atoms with van der Waals surface area (Å²) in [6.45, 7) is 0. The number of para-hydroxylation sites is 1. The van der Waals surface area contributed by atoms with Crippen molar-refractivity contribution in [1.29, 1.82) is 0 Å². The number of fused-ring (bicyclic) bond motifs is 1. The van der Waals surface area contributed by atoms with Gasteiger partial charge in [0.2, 0.25) is 0 Å². The Bertz CT molecular complexity index is 1520. The molecule has 164 valence electrons. The lowest BCUT2D eigenvalue weighted by molar-refractivity contribution is 0.601. The van der Waals surface area contributed by atoms with E-state index >= 15 is 0 Å². The molecule has 2 heterocycles. The molecule has 0 radical (unpaired) electrons. The summed E-state index contributed by atoms with van der Waals surface area (Å²) in [5, 5.41) is 7.71. The van der Waals surface area contributed by atoms with Crippen molar-refractivity contribution >= 4 is 48.8 Å². The zero-order chi connectivity index (χ0) is 22.8. The summed E-state index contributed by atoms with van der Waals surface area (Å²) in [5.74, 6) is 0.697. The van der Waals surface area contributed by atoms with Crippen LogP contribution in [0.3, 0.4) is 0 Å². The third kappa shape index (κ3) is 4.46. The van der Waals surface area contributed by atoms with E-state index in [1.165, 1.54) is 0 Å². The summed E-state index contributed by atoms with van der Waals surface area (Å²) >= 11 is 3.50. The third-order valence-corrected chi connectivity index (χ3v) is 6.92. The lowest BCUT2D eigenvalue weighted by Gasteiger charge is -2.12. The van der Waals surface area contributed by atoms with E-state index in [1.807, 2.05) is 42.5 Å². The molecule has 0 unspecified atom stereocenters. The van der Waals surface area contributed by atoms with E-state index in [0.717, 1.165) is 15.7 Å². The Balaban J connectivity index is 1.45. The maximum absolute atomic E-state index is 12.7. The topological polar surface area (TPSA) is 88.4 Å². The molecular weight excluding hydrogens is 502 g/mol. The van der Waals surface area contributed by atoms with Gasteiger partial charge >= 0.3 is 0 Å². The molecular formula is C24H18BrN5O2S. The fourth-order valence-electron chi connectivity index (χ4n) is 3.37. The summed E-state index contributed by atoms with van der Waals surface area (Å²) < 4.78 is 30.4. The standard InChI is InChI=1S/C24H18BrN5O2S/c25-21-16-26-30-23(15-22(28-24(21)30)17-7-3-1-4-8-17)27-18-11-13-20(14-12-18)33(31,32)29-19-9-5-2-6-10-19/h1-16,27,29H. The average molecular weight is 520 g/mol. The Kier molecular flexibility index (Phi) is 5.57. The first kappa shape index (κ1) is 21.2. The molecule has 0 saturated carbocycles. The fraction of sp³-hybridized carbons (Fsp3) is 0. The second-order valence-electron chi connectivity index (χ2n) is 7.24. The summed E-state index contributed by atoms with van der Waals surface area (Å²) in [5.41, 5.74) is 3.66. The highest BCUT2D eigenvalue weighted by atomic mass is 79.9. The van der Waals surface area contributed by atoms with Crippen molar-refractivity contribution in [2.75, 3.05) is 10.0 Å². The van der Waals surface area contributed by atoms with Crippen molar-refractivity contribution < 1.29 is 8.42 Å². The molecule has 5 rings (SSSR count). The van der Waals surface area contributed by atoms with Crippen molar-refractivity contribution in [1.82, 2.24) is 14.6 Å². The van der Waals surface area contributed by atoms with Crippen LogP contribution in [0, 0.1) is 0 Å². The number of nitrogens with one attached hydrogen (secondary N) is 2. The van der Waals surface area contributed by atoms with Gasteiger partial charge in [0.15, 0.2) is 5.65 Å². The summed E-state index contributed by atoms with van der Waals surface area (Å²) in [7, 11) is -3.69. The molecule has 0 spiro atoms. The van der Waals surface area contributed by atoms with Crippen molar-refractivity contribution in [3.8, 4) is 11.3 Å². The van der Waals surface area contributed by atoms with E-state index in [-0.39, 0.29) is 4.90 Å². The average Bonchev–Trinajstić information content (AvgIpc) is 3.21. The van der Waals surface area contributed by atoms with E-state index in [1.54, 1.807) is 59.2 Å². The molecule has 0 amide bonds. The van der Waals surface area contributed by atoms with Gasteiger partial charge in [-0.3, -0.25) is 4.72 Å². The van der Waals surface area contributed by atoms with Crippen LogP contribution in [0.1, 0.15) is 0 Å². The number of anilines is 3. The molecule has 3 aromatic carbocycles. The number of benzene rings is 3. The maximum Gasteiger partial charge on any atom is 0.261 e. The highest BCUT2D eigenvalue weighted by Crippen LogP contribution is 2.28.